The summed E-state index contributed by atoms with van der Waals surface area (Å²) >= 11 is 0. The maximum Gasteiger partial charge on any atom is 0.407 e. The Morgan fingerprint density at radius 3 is 2.59 bits per heavy atom. The Morgan fingerprint density at radius 1 is 1.28 bits per heavy atom. The number of ether oxygens (including phenoxy) is 1. The fourth-order valence-corrected chi connectivity index (χ4v) is 4.60. The fraction of sp³-hybridized carbons (Fsp3) is 0.400. The number of alkyl halides is 3. The van der Waals surface area contributed by atoms with Gasteiger partial charge in [-0.1, -0.05) is 6.07 Å². The molecular formula is C20H16F3N3O3. The number of hydrogen-bond donors (Lipinski definition) is 2. The van der Waals surface area contributed by atoms with Gasteiger partial charge in [0.1, 0.15) is 5.60 Å². The van der Waals surface area contributed by atoms with Crippen LogP contribution in [0.15, 0.2) is 18.2 Å². The monoisotopic (exact) mass is 403 g/mol. The highest BCUT2D eigenvalue weighted by atomic mass is 19.4. The van der Waals surface area contributed by atoms with Crippen molar-refractivity contribution in [1.82, 2.24) is 4.57 Å². The number of nitriles is 1. The number of rotatable bonds is 3. The van der Waals surface area contributed by atoms with E-state index in [1.165, 1.54) is 6.07 Å². The van der Waals surface area contributed by atoms with Crippen LogP contribution in [0.4, 0.5) is 18.9 Å². The Kier molecular flexibility index (Phi) is 3.91. The highest BCUT2D eigenvalue weighted by Crippen LogP contribution is 2.65. The second kappa shape index (κ2) is 5.91. The molecule has 2 aliphatic rings. The predicted octanol–water partition coefficient (Wildman–Crippen LogP) is 5.00. The molecule has 3 heterocycles. The summed E-state index contributed by atoms with van der Waals surface area (Å²) in [5.74, 6) is -0.815. The van der Waals surface area contributed by atoms with E-state index in [0.717, 1.165) is 16.7 Å². The van der Waals surface area contributed by atoms with Gasteiger partial charge in [0, 0.05) is 6.42 Å². The van der Waals surface area contributed by atoms with Gasteiger partial charge in [0.15, 0.2) is 5.69 Å². The molecule has 0 saturated carbocycles. The van der Waals surface area contributed by atoms with Gasteiger partial charge in [-0.3, -0.25) is 4.57 Å². The van der Waals surface area contributed by atoms with Gasteiger partial charge in [-0.15, -0.1) is 0 Å². The summed E-state index contributed by atoms with van der Waals surface area (Å²) in [5.41, 5.74) is -3.05. The lowest BCUT2D eigenvalue weighted by atomic mass is 9.77. The molecule has 2 aromatic rings. The molecule has 0 spiro atoms. The molecule has 2 bridgehead atoms. The molecule has 9 heteroatoms. The van der Waals surface area contributed by atoms with E-state index >= 15 is 0 Å². The molecule has 1 saturated heterocycles. The molecule has 2 unspecified atom stereocenters. The van der Waals surface area contributed by atoms with Gasteiger partial charge in [0.05, 0.1) is 40.6 Å². The molecule has 2 aliphatic heterocycles. The number of halogens is 3. The van der Waals surface area contributed by atoms with E-state index in [2.05, 4.69) is 4.85 Å². The number of hydrogen-bond acceptors (Lipinski definition) is 4. The van der Waals surface area contributed by atoms with E-state index in [4.69, 9.17) is 16.6 Å². The average molecular weight is 403 g/mol. The molecule has 0 aliphatic carbocycles. The van der Waals surface area contributed by atoms with Crippen LogP contribution in [0.3, 0.4) is 0 Å². The summed E-state index contributed by atoms with van der Waals surface area (Å²) in [6.45, 7) is 8.70. The summed E-state index contributed by atoms with van der Waals surface area (Å²) in [6, 6.07) is 5.02. The van der Waals surface area contributed by atoms with E-state index in [-0.39, 0.29) is 12.1 Å². The van der Waals surface area contributed by atoms with Crippen LogP contribution in [0.5, 0.6) is 11.8 Å². The SMILES string of the molecule is [C-]#[N+]c1ccc(-n2c(O)c3c(c2O)C2(CCC#N)CCC3(C)O2)cc1C(F)(F)F. The van der Waals surface area contributed by atoms with E-state index in [1.54, 1.807) is 6.92 Å². The van der Waals surface area contributed by atoms with Crippen molar-refractivity contribution in [1.29, 1.82) is 5.26 Å². The Morgan fingerprint density at radius 2 is 1.97 bits per heavy atom. The van der Waals surface area contributed by atoms with E-state index in [9.17, 15) is 23.4 Å². The fourth-order valence-electron chi connectivity index (χ4n) is 4.60. The lowest BCUT2D eigenvalue weighted by molar-refractivity contribution is -0.136. The van der Waals surface area contributed by atoms with Crippen molar-refractivity contribution >= 4 is 5.69 Å². The zero-order valence-corrected chi connectivity index (χ0v) is 15.3. The van der Waals surface area contributed by atoms with Crippen molar-refractivity contribution in [3.63, 3.8) is 0 Å². The molecule has 6 nitrogen and oxygen atoms in total. The van der Waals surface area contributed by atoms with E-state index in [1.807, 2.05) is 6.07 Å². The third-order valence-electron chi connectivity index (χ3n) is 5.84. The zero-order chi connectivity index (χ0) is 21.2. The quantitative estimate of drug-likeness (QED) is 0.707. The van der Waals surface area contributed by atoms with Crippen LogP contribution in [-0.2, 0) is 22.1 Å². The van der Waals surface area contributed by atoms with Gasteiger partial charge >= 0.3 is 6.18 Å². The number of nitrogens with zero attached hydrogens (tertiary/aromatic N) is 3. The zero-order valence-electron chi connectivity index (χ0n) is 15.3. The van der Waals surface area contributed by atoms with Gasteiger partial charge in [-0.25, -0.2) is 4.85 Å². The molecule has 2 atom stereocenters. The second-order valence-corrected chi connectivity index (χ2v) is 7.53. The van der Waals surface area contributed by atoms with Crippen molar-refractivity contribution in [2.24, 2.45) is 0 Å². The number of aromatic nitrogens is 1. The molecule has 0 amide bonds. The first-order valence-corrected chi connectivity index (χ1v) is 8.92. The van der Waals surface area contributed by atoms with Crippen LogP contribution in [0, 0.1) is 17.9 Å². The Hall–Kier alpha value is -3.17. The predicted molar refractivity (Wildman–Crippen MR) is 94.6 cm³/mol. The average Bonchev–Trinajstić information content (AvgIpc) is 3.24. The van der Waals surface area contributed by atoms with Crippen molar-refractivity contribution < 1.29 is 28.1 Å². The summed E-state index contributed by atoms with van der Waals surface area (Å²) in [4.78, 5) is 2.90. The van der Waals surface area contributed by atoms with E-state index in [0.29, 0.717) is 30.4 Å². The van der Waals surface area contributed by atoms with Crippen LogP contribution in [0.2, 0.25) is 0 Å². The molecule has 1 aromatic heterocycles. The molecule has 2 N–H and O–H groups in total. The molecule has 0 radical (unpaired) electrons. The maximum atomic E-state index is 13.4. The van der Waals surface area contributed by atoms with Crippen LogP contribution < -0.4 is 0 Å². The largest absolute Gasteiger partial charge is 0.494 e. The number of aromatic hydroxyl groups is 2. The first-order valence-electron chi connectivity index (χ1n) is 8.92. The lowest BCUT2D eigenvalue weighted by Gasteiger charge is -2.25. The number of benzene rings is 1. The van der Waals surface area contributed by atoms with Gasteiger partial charge in [0.2, 0.25) is 11.8 Å². The molecule has 4 rings (SSSR count). The summed E-state index contributed by atoms with van der Waals surface area (Å²) in [7, 11) is 0. The minimum Gasteiger partial charge on any atom is -0.494 e. The highest BCUT2D eigenvalue weighted by Gasteiger charge is 2.61. The van der Waals surface area contributed by atoms with Crippen LogP contribution in [0.1, 0.15) is 49.3 Å². The third kappa shape index (κ3) is 2.51. The Balaban J connectivity index is 1.94. The van der Waals surface area contributed by atoms with E-state index < -0.39 is 40.4 Å². The van der Waals surface area contributed by atoms with Crippen molar-refractivity contribution in [2.45, 2.75) is 50.0 Å². The van der Waals surface area contributed by atoms with Crippen molar-refractivity contribution in [2.75, 3.05) is 0 Å². The van der Waals surface area contributed by atoms with Crippen LogP contribution in [-0.4, -0.2) is 14.8 Å². The summed E-state index contributed by atoms with van der Waals surface area (Å²) in [5, 5.41) is 30.7. The first kappa shape index (κ1) is 19.2. The highest BCUT2D eigenvalue weighted by molar-refractivity contribution is 5.64. The topological polar surface area (TPSA) is 82.8 Å². The molecule has 29 heavy (non-hydrogen) atoms. The Labute approximate surface area is 164 Å². The Bertz CT molecular complexity index is 1110. The number of fused-ring (bicyclic) bond motifs is 5. The molecular weight excluding hydrogens is 387 g/mol. The van der Waals surface area contributed by atoms with Crippen molar-refractivity contribution in [3.8, 4) is 23.5 Å². The molecule has 1 aromatic carbocycles. The standard InChI is InChI=1S/C20H16F3N3O3/c1-18-7-8-19(29-18,6-3-9-24)15-14(18)16(27)26(17(15)28)11-4-5-13(25-2)12(10-11)20(21,22)23/h4-5,10,27-28H,3,6-8H2,1H3. The van der Waals surface area contributed by atoms with Crippen molar-refractivity contribution in [3.05, 3.63) is 46.3 Å². The smallest absolute Gasteiger partial charge is 0.407 e. The maximum absolute atomic E-state index is 13.4. The molecule has 150 valence electrons. The minimum absolute atomic E-state index is 0.118. The minimum atomic E-state index is -4.76. The van der Waals surface area contributed by atoms with Gasteiger partial charge < -0.3 is 14.9 Å². The summed E-state index contributed by atoms with van der Waals surface area (Å²) < 4.78 is 47.2. The molecule has 1 fully saturated rings. The van der Waals surface area contributed by atoms with Gasteiger partial charge in [0.25, 0.3) is 0 Å². The van der Waals surface area contributed by atoms with Crippen LogP contribution in [0.25, 0.3) is 10.5 Å². The van der Waals surface area contributed by atoms with Gasteiger partial charge in [-0.2, -0.15) is 18.4 Å². The van der Waals surface area contributed by atoms with Crippen LogP contribution >= 0.6 is 0 Å². The van der Waals surface area contributed by atoms with Gasteiger partial charge in [-0.05, 0) is 38.3 Å². The second-order valence-electron chi connectivity index (χ2n) is 7.53. The summed E-state index contributed by atoms with van der Waals surface area (Å²) in [6.07, 6.45) is -3.22. The lowest BCUT2D eigenvalue weighted by Crippen LogP contribution is -2.22. The normalized spacial score (nSPS) is 24.9. The first-order chi connectivity index (χ1) is 13.6. The third-order valence-corrected chi connectivity index (χ3v) is 5.84.